The van der Waals surface area contributed by atoms with Crippen molar-refractivity contribution in [3.05, 3.63) is 54.1 Å². The van der Waals surface area contributed by atoms with Gasteiger partial charge in [-0.25, -0.2) is 0 Å². The van der Waals surface area contributed by atoms with E-state index in [2.05, 4.69) is 0 Å². The van der Waals surface area contributed by atoms with Gasteiger partial charge in [0.05, 0.1) is 14.2 Å². The van der Waals surface area contributed by atoms with E-state index in [9.17, 15) is 0 Å². The molecule has 94 valence electrons. The van der Waals surface area contributed by atoms with E-state index in [1.54, 1.807) is 14.2 Å². The Bertz CT molecular complexity index is 427. The molecule has 2 aromatic carbocycles. The molecule has 0 aliphatic carbocycles. The Morgan fingerprint density at radius 2 is 1.11 bits per heavy atom. The monoisotopic (exact) mass is 244 g/mol. The van der Waals surface area contributed by atoms with E-state index in [0.29, 0.717) is 6.61 Å². The zero-order chi connectivity index (χ0) is 12.8. The molecular weight excluding hydrogens is 228 g/mol. The van der Waals surface area contributed by atoms with Crippen LogP contribution in [0.3, 0.4) is 0 Å². The summed E-state index contributed by atoms with van der Waals surface area (Å²) >= 11 is 0. The first-order valence-corrected chi connectivity index (χ1v) is 5.71. The Labute approximate surface area is 107 Å². The van der Waals surface area contributed by atoms with Crippen molar-refractivity contribution in [2.75, 3.05) is 14.2 Å². The Balaban J connectivity index is 1.93. The first-order chi connectivity index (χ1) is 8.81. The highest BCUT2D eigenvalue weighted by atomic mass is 16.5. The summed E-state index contributed by atoms with van der Waals surface area (Å²) in [5, 5.41) is 0. The lowest BCUT2D eigenvalue weighted by molar-refractivity contribution is 0.305. The lowest BCUT2D eigenvalue weighted by atomic mass is 10.2. The molecule has 3 heteroatoms. The molecule has 0 unspecified atom stereocenters. The number of hydrogen-bond donors (Lipinski definition) is 0. The van der Waals surface area contributed by atoms with Gasteiger partial charge in [-0.2, -0.15) is 0 Å². The number of benzene rings is 2. The van der Waals surface area contributed by atoms with Crippen molar-refractivity contribution in [1.82, 2.24) is 0 Å². The van der Waals surface area contributed by atoms with E-state index in [-0.39, 0.29) is 0 Å². The van der Waals surface area contributed by atoms with Crippen LogP contribution in [0.15, 0.2) is 48.5 Å². The standard InChI is InChI=1S/C15H16O3/c1-16-13-5-3-12(4-6-13)11-18-15-9-7-14(17-2)8-10-15/h3-10H,11H2,1-2H3. The molecule has 0 saturated heterocycles. The molecule has 0 spiro atoms. The first-order valence-electron chi connectivity index (χ1n) is 5.71. The van der Waals surface area contributed by atoms with Gasteiger partial charge < -0.3 is 14.2 Å². The zero-order valence-corrected chi connectivity index (χ0v) is 10.6. The van der Waals surface area contributed by atoms with E-state index in [1.165, 1.54) is 0 Å². The minimum Gasteiger partial charge on any atom is -0.497 e. The van der Waals surface area contributed by atoms with Gasteiger partial charge in [0.15, 0.2) is 0 Å². The zero-order valence-electron chi connectivity index (χ0n) is 10.6. The van der Waals surface area contributed by atoms with Crippen molar-refractivity contribution in [2.24, 2.45) is 0 Å². The highest BCUT2D eigenvalue weighted by Crippen LogP contribution is 2.19. The van der Waals surface area contributed by atoms with Crippen LogP contribution in [0, 0.1) is 0 Å². The van der Waals surface area contributed by atoms with Gasteiger partial charge in [-0.05, 0) is 42.0 Å². The second-order valence-corrected chi connectivity index (χ2v) is 3.81. The van der Waals surface area contributed by atoms with Crippen LogP contribution in [0.5, 0.6) is 17.2 Å². The van der Waals surface area contributed by atoms with Crippen molar-refractivity contribution in [2.45, 2.75) is 6.61 Å². The summed E-state index contributed by atoms with van der Waals surface area (Å²) < 4.78 is 15.9. The third kappa shape index (κ3) is 3.17. The van der Waals surface area contributed by atoms with Gasteiger partial charge in [-0.15, -0.1) is 0 Å². The van der Waals surface area contributed by atoms with Gasteiger partial charge >= 0.3 is 0 Å². The summed E-state index contributed by atoms with van der Waals surface area (Å²) in [4.78, 5) is 0. The second kappa shape index (κ2) is 5.96. The predicted molar refractivity (Wildman–Crippen MR) is 70.3 cm³/mol. The van der Waals surface area contributed by atoms with E-state index >= 15 is 0 Å². The normalized spacial score (nSPS) is 9.89. The highest BCUT2D eigenvalue weighted by Gasteiger charge is 1.97. The van der Waals surface area contributed by atoms with Crippen LogP contribution in [0.25, 0.3) is 0 Å². The molecule has 0 fully saturated rings. The summed E-state index contributed by atoms with van der Waals surface area (Å²) in [7, 11) is 3.30. The molecule has 2 rings (SSSR count). The molecule has 0 saturated carbocycles. The largest absolute Gasteiger partial charge is 0.497 e. The second-order valence-electron chi connectivity index (χ2n) is 3.81. The maximum Gasteiger partial charge on any atom is 0.120 e. The fourth-order valence-corrected chi connectivity index (χ4v) is 1.56. The minimum atomic E-state index is 0.538. The van der Waals surface area contributed by atoms with Crippen molar-refractivity contribution in [3.63, 3.8) is 0 Å². The van der Waals surface area contributed by atoms with Gasteiger partial charge in [-0.1, -0.05) is 12.1 Å². The lowest BCUT2D eigenvalue weighted by Crippen LogP contribution is -1.95. The molecule has 0 N–H and O–H groups in total. The van der Waals surface area contributed by atoms with Crippen molar-refractivity contribution < 1.29 is 14.2 Å². The fraction of sp³-hybridized carbons (Fsp3) is 0.200. The molecular formula is C15H16O3. The Morgan fingerprint density at radius 3 is 1.61 bits per heavy atom. The molecule has 0 bridgehead atoms. The summed E-state index contributed by atoms with van der Waals surface area (Å²) in [5.74, 6) is 2.50. The smallest absolute Gasteiger partial charge is 0.120 e. The average molecular weight is 244 g/mol. The number of rotatable bonds is 5. The Hall–Kier alpha value is -2.16. The van der Waals surface area contributed by atoms with Gasteiger partial charge in [0.1, 0.15) is 23.9 Å². The first kappa shape index (κ1) is 12.3. The van der Waals surface area contributed by atoms with Crippen LogP contribution in [-0.2, 0) is 6.61 Å². The number of ether oxygens (including phenoxy) is 3. The van der Waals surface area contributed by atoms with E-state index < -0.39 is 0 Å². The van der Waals surface area contributed by atoms with Crippen LogP contribution < -0.4 is 14.2 Å². The van der Waals surface area contributed by atoms with Crippen LogP contribution in [0.1, 0.15) is 5.56 Å². The maximum absolute atomic E-state index is 5.67. The quantitative estimate of drug-likeness (QED) is 0.807. The van der Waals surface area contributed by atoms with Crippen LogP contribution in [0.4, 0.5) is 0 Å². The minimum absolute atomic E-state index is 0.538. The van der Waals surface area contributed by atoms with Crippen LogP contribution >= 0.6 is 0 Å². The van der Waals surface area contributed by atoms with Crippen molar-refractivity contribution in [1.29, 1.82) is 0 Å². The van der Waals surface area contributed by atoms with Gasteiger partial charge in [-0.3, -0.25) is 0 Å². The fourth-order valence-electron chi connectivity index (χ4n) is 1.56. The van der Waals surface area contributed by atoms with Crippen molar-refractivity contribution >= 4 is 0 Å². The summed E-state index contributed by atoms with van der Waals surface area (Å²) in [6.07, 6.45) is 0. The highest BCUT2D eigenvalue weighted by molar-refractivity contribution is 5.32. The molecule has 18 heavy (non-hydrogen) atoms. The molecule has 0 aliphatic heterocycles. The predicted octanol–water partition coefficient (Wildman–Crippen LogP) is 3.28. The molecule has 2 aromatic rings. The lowest BCUT2D eigenvalue weighted by Gasteiger charge is -2.07. The summed E-state index contributed by atoms with van der Waals surface area (Å²) in [5.41, 5.74) is 1.10. The Morgan fingerprint density at radius 1 is 0.667 bits per heavy atom. The topological polar surface area (TPSA) is 27.7 Å². The van der Waals surface area contributed by atoms with Crippen molar-refractivity contribution in [3.8, 4) is 17.2 Å². The average Bonchev–Trinajstić information content (AvgIpc) is 2.46. The van der Waals surface area contributed by atoms with Crippen LogP contribution in [0.2, 0.25) is 0 Å². The third-order valence-corrected chi connectivity index (χ3v) is 2.62. The molecule has 0 atom stereocenters. The van der Waals surface area contributed by atoms with E-state index in [0.717, 1.165) is 22.8 Å². The molecule has 0 heterocycles. The summed E-state index contributed by atoms with van der Waals surface area (Å²) in [6, 6.07) is 15.4. The van der Waals surface area contributed by atoms with Crippen LogP contribution in [-0.4, -0.2) is 14.2 Å². The van der Waals surface area contributed by atoms with E-state index in [1.807, 2.05) is 48.5 Å². The molecule has 0 aromatic heterocycles. The number of methoxy groups -OCH3 is 2. The third-order valence-electron chi connectivity index (χ3n) is 2.62. The number of hydrogen-bond acceptors (Lipinski definition) is 3. The molecule has 0 radical (unpaired) electrons. The molecule has 3 nitrogen and oxygen atoms in total. The SMILES string of the molecule is COc1ccc(COc2ccc(OC)cc2)cc1. The van der Waals surface area contributed by atoms with Gasteiger partial charge in [0, 0.05) is 0 Å². The van der Waals surface area contributed by atoms with Gasteiger partial charge in [0.25, 0.3) is 0 Å². The molecule has 0 amide bonds. The van der Waals surface area contributed by atoms with E-state index in [4.69, 9.17) is 14.2 Å². The summed E-state index contributed by atoms with van der Waals surface area (Å²) in [6.45, 7) is 0.538. The maximum atomic E-state index is 5.67. The molecule has 0 aliphatic rings. The van der Waals surface area contributed by atoms with Gasteiger partial charge in [0.2, 0.25) is 0 Å². The Kier molecular flexibility index (Phi) is 4.07.